The molecule has 2 aromatic rings. The van der Waals surface area contributed by atoms with Crippen molar-refractivity contribution in [1.29, 1.82) is 0 Å². The number of nitrogens with one attached hydrogen (secondary N) is 3. The molecule has 0 atom stereocenters. The van der Waals surface area contributed by atoms with Crippen LogP contribution in [0.2, 0.25) is 5.02 Å². The molecule has 0 aliphatic carbocycles. The summed E-state index contributed by atoms with van der Waals surface area (Å²) in [6.07, 6.45) is 2.58. The minimum atomic E-state index is -0.139. The van der Waals surface area contributed by atoms with E-state index in [2.05, 4.69) is 38.1 Å². The van der Waals surface area contributed by atoms with Crippen LogP contribution in [0.1, 0.15) is 30.0 Å². The Hall–Kier alpha value is -2.61. The highest BCUT2D eigenvalue weighted by Crippen LogP contribution is 2.09. The summed E-state index contributed by atoms with van der Waals surface area (Å²) in [6, 6.07) is 6.78. The standard InChI is InChI=1S/C18H26ClN7O/c1-3-16-25-24-13-26(16)12-11-23-18(20-4-2)22-10-9-21-17(27)14-5-7-15(19)8-6-14/h5-8,13H,3-4,9-12H2,1-2H3,(H,21,27)(H2,20,22,23). The summed E-state index contributed by atoms with van der Waals surface area (Å²) in [6.45, 7) is 7.20. The van der Waals surface area contributed by atoms with Gasteiger partial charge in [0.15, 0.2) is 5.96 Å². The molecule has 0 saturated heterocycles. The van der Waals surface area contributed by atoms with Crippen LogP contribution in [-0.2, 0) is 13.0 Å². The molecule has 1 aromatic carbocycles. The van der Waals surface area contributed by atoms with Crippen LogP contribution >= 0.6 is 11.6 Å². The highest BCUT2D eigenvalue weighted by molar-refractivity contribution is 6.30. The Bertz CT molecular complexity index is 742. The number of guanidine groups is 1. The van der Waals surface area contributed by atoms with E-state index in [1.54, 1.807) is 30.6 Å². The molecular formula is C18H26ClN7O. The molecule has 146 valence electrons. The van der Waals surface area contributed by atoms with Gasteiger partial charge in [-0.15, -0.1) is 10.2 Å². The van der Waals surface area contributed by atoms with Crippen LogP contribution in [0.5, 0.6) is 0 Å². The first-order valence-corrected chi connectivity index (χ1v) is 9.44. The van der Waals surface area contributed by atoms with E-state index in [0.717, 1.165) is 25.3 Å². The number of aromatic nitrogens is 3. The number of nitrogens with zero attached hydrogens (tertiary/aromatic N) is 4. The van der Waals surface area contributed by atoms with Gasteiger partial charge in [0.05, 0.1) is 6.54 Å². The average Bonchev–Trinajstić information content (AvgIpc) is 3.13. The van der Waals surface area contributed by atoms with Crippen molar-refractivity contribution in [2.75, 3.05) is 26.2 Å². The number of carbonyl (C=O) groups is 1. The molecule has 3 N–H and O–H groups in total. The number of halogens is 1. The number of benzene rings is 1. The number of aryl methyl sites for hydroxylation is 1. The second-order valence-corrected chi connectivity index (χ2v) is 6.18. The maximum atomic E-state index is 12.0. The van der Waals surface area contributed by atoms with E-state index in [0.29, 0.717) is 36.2 Å². The molecule has 1 aromatic heterocycles. The van der Waals surface area contributed by atoms with Gasteiger partial charge in [-0.25, -0.2) is 0 Å². The van der Waals surface area contributed by atoms with Gasteiger partial charge >= 0.3 is 0 Å². The third kappa shape index (κ3) is 6.90. The number of amides is 1. The maximum Gasteiger partial charge on any atom is 0.251 e. The van der Waals surface area contributed by atoms with Gasteiger partial charge in [-0.2, -0.15) is 0 Å². The minimum Gasteiger partial charge on any atom is -0.357 e. The molecule has 0 aliphatic rings. The van der Waals surface area contributed by atoms with Crippen molar-refractivity contribution in [1.82, 2.24) is 30.7 Å². The van der Waals surface area contributed by atoms with Gasteiger partial charge in [-0.1, -0.05) is 18.5 Å². The lowest BCUT2D eigenvalue weighted by Gasteiger charge is -2.12. The molecule has 0 unspecified atom stereocenters. The molecule has 0 radical (unpaired) electrons. The molecule has 8 nitrogen and oxygen atoms in total. The predicted octanol–water partition coefficient (Wildman–Crippen LogP) is 1.48. The SMILES string of the molecule is CCNC(=NCCNC(=O)c1ccc(Cl)cc1)NCCn1cnnc1CC. The van der Waals surface area contributed by atoms with E-state index >= 15 is 0 Å². The fraction of sp³-hybridized carbons (Fsp3) is 0.444. The zero-order valence-corrected chi connectivity index (χ0v) is 16.5. The van der Waals surface area contributed by atoms with E-state index in [9.17, 15) is 4.79 Å². The summed E-state index contributed by atoms with van der Waals surface area (Å²) >= 11 is 5.83. The Kier molecular flexibility index (Phi) is 8.57. The van der Waals surface area contributed by atoms with E-state index in [-0.39, 0.29) is 5.91 Å². The number of hydrogen-bond donors (Lipinski definition) is 3. The molecule has 0 aliphatic heterocycles. The molecule has 1 amide bonds. The third-order valence-corrected chi connectivity index (χ3v) is 4.03. The Labute approximate surface area is 164 Å². The summed E-state index contributed by atoms with van der Waals surface area (Å²) in [5, 5.41) is 17.9. The summed E-state index contributed by atoms with van der Waals surface area (Å²) in [7, 11) is 0. The van der Waals surface area contributed by atoms with Gasteiger partial charge < -0.3 is 20.5 Å². The molecule has 0 fully saturated rings. The normalized spacial score (nSPS) is 11.3. The fourth-order valence-electron chi connectivity index (χ4n) is 2.42. The largest absolute Gasteiger partial charge is 0.357 e. The number of hydrogen-bond acceptors (Lipinski definition) is 4. The maximum absolute atomic E-state index is 12.0. The van der Waals surface area contributed by atoms with E-state index in [4.69, 9.17) is 11.6 Å². The van der Waals surface area contributed by atoms with Gasteiger partial charge in [0.2, 0.25) is 0 Å². The highest BCUT2D eigenvalue weighted by Gasteiger charge is 2.05. The number of aliphatic imine (C=N–C) groups is 1. The Morgan fingerprint density at radius 3 is 2.63 bits per heavy atom. The first-order valence-electron chi connectivity index (χ1n) is 9.06. The van der Waals surface area contributed by atoms with Crippen LogP contribution in [0.15, 0.2) is 35.6 Å². The Balaban J connectivity index is 1.75. The zero-order chi connectivity index (χ0) is 19.5. The van der Waals surface area contributed by atoms with Crippen molar-refractivity contribution in [2.45, 2.75) is 26.8 Å². The molecule has 27 heavy (non-hydrogen) atoms. The lowest BCUT2D eigenvalue weighted by Crippen LogP contribution is -2.39. The second-order valence-electron chi connectivity index (χ2n) is 5.74. The summed E-state index contributed by atoms with van der Waals surface area (Å²) < 4.78 is 2.02. The second kappa shape index (κ2) is 11.2. The highest BCUT2D eigenvalue weighted by atomic mass is 35.5. The fourth-order valence-corrected chi connectivity index (χ4v) is 2.54. The van der Waals surface area contributed by atoms with Gasteiger partial charge in [-0.05, 0) is 31.2 Å². The van der Waals surface area contributed by atoms with Crippen LogP contribution in [0, 0.1) is 0 Å². The monoisotopic (exact) mass is 391 g/mol. The topological polar surface area (TPSA) is 96.2 Å². The van der Waals surface area contributed by atoms with Crippen molar-refractivity contribution >= 4 is 23.5 Å². The van der Waals surface area contributed by atoms with Gasteiger partial charge in [0, 0.05) is 43.2 Å². The van der Waals surface area contributed by atoms with Crippen molar-refractivity contribution < 1.29 is 4.79 Å². The first-order chi connectivity index (χ1) is 13.1. The quantitative estimate of drug-likeness (QED) is 0.342. The van der Waals surface area contributed by atoms with Crippen LogP contribution in [0.25, 0.3) is 0 Å². The van der Waals surface area contributed by atoms with E-state index in [1.165, 1.54) is 0 Å². The van der Waals surface area contributed by atoms with Gasteiger partial charge in [-0.3, -0.25) is 9.79 Å². The smallest absolute Gasteiger partial charge is 0.251 e. The molecule has 0 saturated carbocycles. The molecule has 1 heterocycles. The van der Waals surface area contributed by atoms with Crippen LogP contribution in [0.3, 0.4) is 0 Å². The van der Waals surface area contributed by atoms with Crippen molar-refractivity contribution in [3.05, 3.63) is 47.0 Å². The number of carbonyl (C=O) groups excluding carboxylic acids is 1. The summed E-state index contributed by atoms with van der Waals surface area (Å²) in [5.74, 6) is 1.53. The Morgan fingerprint density at radius 1 is 1.15 bits per heavy atom. The molecule has 0 bridgehead atoms. The zero-order valence-electron chi connectivity index (χ0n) is 15.7. The van der Waals surface area contributed by atoms with Gasteiger partial charge in [0.25, 0.3) is 5.91 Å². The van der Waals surface area contributed by atoms with Crippen LogP contribution in [0.4, 0.5) is 0 Å². The number of rotatable bonds is 9. The van der Waals surface area contributed by atoms with Crippen molar-refractivity contribution in [3.8, 4) is 0 Å². The van der Waals surface area contributed by atoms with Crippen molar-refractivity contribution in [3.63, 3.8) is 0 Å². The molecule has 9 heteroatoms. The lowest BCUT2D eigenvalue weighted by molar-refractivity contribution is 0.0955. The van der Waals surface area contributed by atoms with Crippen molar-refractivity contribution in [2.24, 2.45) is 4.99 Å². The van der Waals surface area contributed by atoms with Gasteiger partial charge in [0.1, 0.15) is 12.2 Å². The lowest BCUT2D eigenvalue weighted by atomic mass is 10.2. The first kappa shape index (κ1) is 20.7. The summed E-state index contributed by atoms with van der Waals surface area (Å²) in [5.41, 5.74) is 0.578. The molecule has 2 rings (SSSR count). The third-order valence-electron chi connectivity index (χ3n) is 3.78. The minimum absolute atomic E-state index is 0.139. The van der Waals surface area contributed by atoms with Crippen LogP contribution < -0.4 is 16.0 Å². The van der Waals surface area contributed by atoms with E-state index < -0.39 is 0 Å². The summed E-state index contributed by atoms with van der Waals surface area (Å²) in [4.78, 5) is 16.5. The molecular weight excluding hydrogens is 366 g/mol. The molecule has 0 spiro atoms. The Morgan fingerprint density at radius 2 is 1.93 bits per heavy atom. The predicted molar refractivity (Wildman–Crippen MR) is 107 cm³/mol. The van der Waals surface area contributed by atoms with E-state index in [1.807, 2.05) is 11.5 Å². The van der Waals surface area contributed by atoms with Crippen LogP contribution in [-0.4, -0.2) is 52.8 Å². The average molecular weight is 392 g/mol.